The highest BCUT2D eigenvalue weighted by Gasteiger charge is 2.36. The molecule has 2 aliphatic heterocycles. The lowest BCUT2D eigenvalue weighted by atomic mass is 9.77. The molecule has 0 aromatic heterocycles. The zero-order valence-electron chi connectivity index (χ0n) is 13.0. The maximum absolute atomic E-state index is 2.90. The van der Waals surface area contributed by atoms with Crippen LogP contribution in [0.1, 0.15) is 58.8 Å². The Morgan fingerprint density at radius 1 is 0.789 bits per heavy atom. The number of rotatable bonds is 2. The van der Waals surface area contributed by atoms with E-state index in [1.807, 2.05) is 0 Å². The van der Waals surface area contributed by atoms with Crippen LogP contribution >= 0.6 is 0 Å². The molecule has 3 rings (SSSR count). The van der Waals surface area contributed by atoms with Gasteiger partial charge in [0.1, 0.15) is 0 Å². The molecule has 1 aliphatic carbocycles. The topological polar surface area (TPSA) is 6.48 Å². The van der Waals surface area contributed by atoms with E-state index in [1.54, 1.807) is 0 Å². The van der Waals surface area contributed by atoms with Crippen LogP contribution in [0.5, 0.6) is 0 Å². The van der Waals surface area contributed by atoms with Gasteiger partial charge in [0, 0.05) is 18.6 Å². The molecule has 2 heterocycles. The van der Waals surface area contributed by atoms with Crippen molar-refractivity contribution in [2.45, 2.75) is 70.9 Å². The molecular weight excluding hydrogens is 232 g/mol. The zero-order chi connectivity index (χ0) is 13.2. The van der Waals surface area contributed by atoms with Crippen molar-refractivity contribution in [1.29, 1.82) is 0 Å². The van der Waals surface area contributed by atoms with Crippen LogP contribution in [0.15, 0.2) is 0 Å². The first-order valence-corrected chi connectivity index (χ1v) is 8.74. The van der Waals surface area contributed by atoms with Gasteiger partial charge in [-0.1, -0.05) is 26.7 Å². The summed E-state index contributed by atoms with van der Waals surface area (Å²) in [5.74, 6) is 1.83. The summed E-state index contributed by atoms with van der Waals surface area (Å²) >= 11 is 0. The van der Waals surface area contributed by atoms with Crippen LogP contribution in [-0.2, 0) is 0 Å². The van der Waals surface area contributed by atoms with Crippen molar-refractivity contribution in [2.24, 2.45) is 11.8 Å². The highest BCUT2D eigenvalue weighted by Crippen LogP contribution is 2.35. The summed E-state index contributed by atoms with van der Waals surface area (Å²) in [6.07, 6.45) is 10.2. The van der Waals surface area contributed by atoms with E-state index in [0.717, 1.165) is 23.9 Å². The second-order valence-corrected chi connectivity index (χ2v) is 7.44. The molecule has 1 saturated carbocycles. The summed E-state index contributed by atoms with van der Waals surface area (Å²) in [6, 6.07) is 1.78. The van der Waals surface area contributed by atoms with Crippen LogP contribution in [-0.4, -0.2) is 48.1 Å². The fraction of sp³-hybridized carbons (Fsp3) is 1.00. The van der Waals surface area contributed by atoms with Crippen LogP contribution in [0.4, 0.5) is 0 Å². The van der Waals surface area contributed by atoms with Crippen molar-refractivity contribution in [3.05, 3.63) is 0 Å². The van der Waals surface area contributed by atoms with Gasteiger partial charge in [-0.2, -0.15) is 0 Å². The maximum atomic E-state index is 2.90. The quantitative estimate of drug-likeness (QED) is 0.754. The molecule has 3 unspecified atom stereocenters. The summed E-state index contributed by atoms with van der Waals surface area (Å²) in [5.41, 5.74) is 0. The molecule has 2 saturated heterocycles. The molecule has 0 aromatic carbocycles. The average Bonchev–Trinajstić information content (AvgIpc) is 2.76. The molecule has 2 heteroatoms. The molecule has 3 atom stereocenters. The number of hydrogen-bond acceptors (Lipinski definition) is 2. The second kappa shape index (κ2) is 6.13. The number of fused-ring (bicyclic) bond motifs is 1. The van der Waals surface area contributed by atoms with Gasteiger partial charge in [0.05, 0.1) is 0 Å². The van der Waals surface area contributed by atoms with Gasteiger partial charge in [-0.05, 0) is 63.6 Å². The molecule has 110 valence electrons. The van der Waals surface area contributed by atoms with Crippen molar-refractivity contribution in [1.82, 2.24) is 9.80 Å². The molecule has 2 nitrogen and oxygen atoms in total. The van der Waals surface area contributed by atoms with E-state index >= 15 is 0 Å². The van der Waals surface area contributed by atoms with Gasteiger partial charge in [-0.25, -0.2) is 0 Å². The third kappa shape index (κ3) is 3.00. The van der Waals surface area contributed by atoms with E-state index in [9.17, 15) is 0 Å². The summed E-state index contributed by atoms with van der Waals surface area (Å²) in [6.45, 7) is 10.4. The lowest BCUT2D eigenvalue weighted by Crippen LogP contribution is -2.47. The molecule has 19 heavy (non-hydrogen) atoms. The largest absolute Gasteiger partial charge is 0.299 e. The standard InChI is InChI=1S/C17H32N2/c1-14(2)16-8-3-4-9-17(16)19-12-6-11-18-10-5-7-15(18)13-19/h14-17H,3-13H2,1-2H3. The van der Waals surface area contributed by atoms with Crippen LogP contribution in [0.3, 0.4) is 0 Å². The minimum Gasteiger partial charge on any atom is -0.299 e. The first-order chi connectivity index (χ1) is 9.25. The Hall–Kier alpha value is -0.0800. The average molecular weight is 264 g/mol. The highest BCUT2D eigenvalue weighted by atomic mass is 15.3. The van der Waals surface area contributed by atoms with Crippen LogP contribution in [0.2, 0.25) is 0 Å². The Labute approximate surface area is 119 Å². The minimum absolute atomic E-state index is 0.869. The summed E-state index contributed by atoms with van der Waals surface area (Å²) in [7, 11) is 0. The van der Waals surface area contributed by atoms with Crippen LogP contribution < -0.4 is 0 Å². The molecule has 3 aliphatic rings. The van der Waals surface area contributed by atoms with Crippen molar-refractivity contribution >= 4 is 0 Å². The van der Waals surface area contributed by atoms with Gasteiger partial charge in [-0.15, -0.1) is 0 Å². The van der Waals surface area contributed by atoms with E-state index in [-0.39, 0.29) is 0 Å². The van der Waals surface area contributed by atoms with Crippen molar-refractivity contribution in [3.63, 3.8) is 0 Å². The first kappa shape index (κ1) is 13.9. The monoisotopic (exact) mass is 264 g/mol. The van der Waals surface area contributed by atoms with E-state index in [1.165, 1.54) is 71.1 Å². The third-order valence-corrected chi connectivity index (χ3v) is 5.94. The molecule has 0 radical (unpaired) electrons. The Bertz CT molecular complexity index is 289. The number of nitrogens with zero attached hydrogens (tertiary/aromatic N) is 2. The van der Waals surface area contributed by atoms with Gasteiger partial charge in [0.15, 0.2) is 0 Å². The van der Waals surface area contributed by atoms with Crippen LogP contribution in [0, 0.1) is 11.8 Å². The van der Waals surface area contributed by atoms with Crippen molar-refractivity contribution in [2.75, 3.05) is 26.2 Å². The Morgan fingerprint density at radius 3 is 2.37 bits per heavy atom. The lowest BCUT2D eigenvalue weighted by molar-refractivity contribution is 0.0725. The van der Waals surface area contributed by atoms with Gasteiger partial charge in [0.25, 0.3) is 0 Å². The molecule has 0 N–H and O–H groups in total. The van der Waals surface area contributed by atoms with E-state index in [4.69, 9.17) is 0 Å². The fourth-order valence-corrected chi connectivity index (χ4v) is 4.91. The fourth-order valence-electron chi connectivity index (χ4n) is 4.91. The molecule has 3 fully saturated rings. The molecule has 0 spiro atoms. The Morgan fingerprint density at radius 2 is 1.53 bits per heavy atom. The van der Waals surface area contributed by atoms with Gasteiger partial charge in [-0.3, -0.25) is 9.80 Å². The zero-order valence-corrected chi connectivity index (χ0v) is 13.0. The number of hydrogen-bond donors (Lipinski definition) is 0. The summed E-state index contributed by atoms with van der Waals surface area (Å²) in [4.78, 5) is 5.67. The van der Waals surface area contributed by atoms with Gasteiger partial charge in [0.2, 0.25) is 0 Å². The molecule has 0 aromatic rings. The normalized spacial score (nSPS) is 38.4. The van der Waals surface area contributed by atoms with Crippen molar-refractivity contribution in [3.8, 4) is 0 Å². The third-order valence-electron chi connectivity index (χ3n) is 5.94. The van der Waals surface area contributed by atoms with Gasteiger partial charge >= 0.3 is 0 Å². The molecule has 0 amide bonds. The van der Waals surface area contributed by atoms with Gasteiger partial charge < -0.3 is 0 Å². The predicted molar refractivity (Wildman–Crippen MR) is 81.4 cm³/mol. The minimum atomic E-state index is 0.869. The molecule has 0 bridgehead atoms. The van der Waals surface area contributed by atoms with E-state index in [2.05, 4.69) is 23.6 Å². The smallest absolute Gasteiger partial charge is 0.0223 e. The maximum Gasteiger partial charge on any atom is 0.0223 e. The lowest BCUT2D eigenvalue weighted by Gasteiger charge is -2.42. The second-order valence-electron chi connectivity index (χ2n) is 7.44. The Balaban J connectivity index is 1.68. The van der Waals surface area contributed by atoms with Crippen molar-refractivity contribution < 1.29 is 0 Å². The first-order valence-electron chi connectivity index (χ1n) is 8.74. The Kier molecular flexibility index (Phi) is 4.48. The highest BCUT2D eigenvalue weighted by molar-refractivity contribution is 4.91. The SMILES string of the molecule is CC(C)C1CCCCC1N1CCCN2CCCC2C1. The van der Waals surface area contributed by atoms with Crippen LogP contribution in [0.25, 0.3) is 0 Å². The summed E-state index contributed by atoms with van der Waals surface area (Å²) in [5, 5.41) is 0. The molecular formula is C17H32N2. The summed E-state index contributed by atoms with van der Waals surface area (Å²) < 4.78 is 0. The van der Waals surface area contributed by atoms with E-state index < -0.39 is 0 Å². The van der Waals surface area contributed by atoms with E-state index in [0.29, 0.717) is 0 Å². The predicted octanol–water partition coefficient (Wildman–Crippen LogP) is 3.37.